The summed E-state index contributed by atoms with van der Waals surface area (Å²) in [4.78, 5) is 8.50. The van der Waals surface area contributed by atoms with E-state index < -0.39 is 0 Å². The molecule has 0 radical (unpaired) electrons. The van der Waals surface area contributed by atoms with Crippen molar-refractivity contribution in [2.24, 2.45) is 0 Å². The Morgan fingerprint density at radius 1 is 1.12 bits per heavy atom. The van der Waals surface area contributed by atoms with Crippen molar-refractivity contribution in [3.05, 3.63) is 47.3 Å². The molecule has 0 aliphatic heterocycles. The van der Waals surface area contributed by atoms with Crippen LogP contribution in [0.25, 0.3) is 16.9 Å². The molecule has 0 aliphatic rings. The second-order valence-electron chi connectivity index (χ2n) is 3.66. The van der Waals surface area contributed by atoms with Gasteiger partial charge in [0.05, 0.1) is 0 Å². The summed E-state index contributed by atoms with van der Waals surface area (Å²) in [6.45, 7) is 0. The summed E-state index contributed by atoms with van der Waals surface area (Å²) >= 11 is 3.42. The van der Waals surface area contributed by atoms with Gasteiger partial charge >= 0.3 is 0 Å². The van der Waals surface area contributed by atoms with Gasteiger partial charge in [-0.15, -0.1) is 0 Å². The second-order valence-corrected chi connectivity index (χ2v) is 4.57. The van der Waals surface area contributed by atoms with Crippen LogP contribution in [0.2, 0.25) is 0 Å². The smallest absolute Gasteiger partial charge is 0.139 e. The second kappa shape index (κ2) is 3.85. The number of hydrogen-bond acceptors (Lipinski definition) is 3. The zero-order chi connectivity index (χ0) is 11.8. The van der Waals surface area contributed by atoms with Gasteiger partial charge in [0, 0.05) is 28.6 Å². The molecule has 3 rings (SSSR count). The molecule has 3 heterocycles. The van der Waals surface area contributed by atoms with Gasteiger partial charge in [0.25, 0.3) is 0 Å². The van der Waals surface area contributed by atoms with Crippen molar-refractivity contribution in [2.75, 3.05) is 5.73 Å². The standard InChI is InChI=1S/C12H9BrN4/c13-9-1-2-10-16-11(12(14)17(10)7-9)8-3-5-15-6-4-8/h1-7H,14H2. The fourth-order valence-electron chi connectivity index (χ4n) is 1.76. The number of rotatable bonds is 1. The molecule has 17 heavy (non-hydrogen) atoms. The molecule has 0 spiro atoms. The third kappa shape index (κ3) is 1.68. The van der Waals surface area contributed by atoms with Gasteiger partial charge in [-0.2, -0.15) is 0 Å². The first-order valence-corrected chi connectivity index (χ1v) is 5.88. The molecule has 0 aromatic carbocycles. The summed E-state index contributed by atoms with van der Waals surface area (Å²) in [7, 11) is 0. The van der Waals surface area contributed by atoms with Crippen molar-refractivity contribution in [3.63, 3.8) is 0 Å². The molecular weight excluding hydrogens is 280 g/mol. The van der Waals surface area contributed by atoms with E-state index in [2.05, 4.69) is 25.9 Å². The Kier molecular flexibility index (Phi) is 2.33. The average molecular weight is 289 g/mol. The largest absolute Gasteiger partial charge is 0.383 e. The van der Waals surface area contributed by atoms with Crippen LogP contribution in [-0.2, 0) is 0 Å². The van der Waals surface area contributed by atoms with Crippen LogP contribution in [-0.4, -0.2) is 14.4 Å². The number of fused-ring (bicyclic) bond motifs is 1. The van der Waals surface area contributed by atoms with Crippen LogP contribution in [0.15, 0.2) is 47.3 Å². The van der Waals surface area contributed by atoms with Gasteiger partial charge in [-0.05, 0) is 40.2 Å². The molecule has 0 unspecified atom stereocenters. The molecule has 0 amide bonds. The Balaban J connectivity index is 2.28. The van der Waals surface area contributed by atoms with Gasteiger partial charge in [0.1, 0.15) is 17.2 Å². The highest BCUT2D eigenvalue weighted by Gasteiger charge is 2.10. The summed E-state index contributed by atoms with van der Waals surface area (Å²) in [6.07, 6.45) is 5.37. The lowest BCUT2D eigenvalue weighted by atomic mass is 10.2. The van der Waals surface area contributed by atoms with Crippen molar-refractivity contribution in [2.45, 2.75) is 0 Å². The minimum absolute atomic E-state index is 0.632. The van der Waals surface area contributed by atoms with Crippen LogP contribution in [0, 0.1) is 0 Å². The molecule has 0 saturated carbocycles. The van der Waals surface area contributed by atoms with E-state index in [1.165, 1.54) is 0 Å². The number of halogens is 1. The number of nitrogens with zero attached hydrogens (tertiary/aromatic N) is 3. The Morgan fingerprint density at radius 3 is 2.65 bits per heavy atom. The average Bonchev–Trinajstić information content (AvgIpc) is 2.68. The van der Waals surface area contributed by atoms with Gasteiger partial charge in [0.15, 0.2) is 0 Å². The molecule has 5 heteroatoms. The molecule has 3 aromatic heterocycles. The Bertz CT molecular complexity index is 676. The first-order valence-electron chi connectivity index (χ1n) is 5.09. The number of imidazole rings is 1. The highest BCUT2D eigenvalue weighted by atomic mass is 79.9. The lowest BCUT2D eigenvalue weighted by Crippen LogP contribution is -1.93. The molecule has 3 aromatic rings. The first-order chi connectivity index (χ1) is 8.25. The molecule has 0 fully saturated rings. The van der Waals surface area contributed by atoms with Crippen molar-refractivity contribution in [1.29, 1.82) is 0 Å². The summed E-state index contributed by atoms with van der Waals surface area (Å²) < 4.78 is 2.83. The monoisotopic (exact) mass is 288 g/mol. The molecule has 4 nitrogen and oxygen atoms in total. The van der Waals surface area contributed by atoms with Crippen LogP contribution in [0.5, 0.6) is 0 Å². The normalized spacial score (nSPS) is 10.9. The van der Waals surface area contributed by atoms with E-state index in [0.717, 1.165) is 21.4 Å². The van der Waals surface area contributed by atoms with Gasteiger partial charge in [-0.3, -0.25) is 9.38 Å². The van der Waals surface area contributed by atoms with Crippen molar-refractivity contribution < 1.29 is 0 Å². The lowest BCUT2D eigenvalue weighted by Gasteiger charge is -1.98. The van der Waals surface area contributed by atoms with E-state index in [0.29, 0.717) is 5.82 Å². The topological polar surface area (TPSA) is 56.2 Å². The zero-order valence-electron chi connectivity index (χ0n) is 8.84. The van der Waals surface area contributed by atoms with E-state index in [1.807, 2.05) is 34.9 Å². The molecular formula is C12H9BrN4. The van der Waals surface area contributed by atoms with Crippen molar-refractivity contribution in [3.8, 4) is 11.3 Å². The Labute approximate surface area is 106 Å². The van der Waals surface area contributed by atoms with Gasteiger partial charge in [0.2, 0.25) is 0 Å². The zero-order valence-corrected chi connectivity index (χ0v) is 10.4. The SMILES string of the molecule is Nc1c(-c2ccncc2)nc2ccc(Br)cn12. The van der Waals surface area contributed by atoms with E-state index in [1.54, 1.807) is 12.4 Å². The molecule has 2 N–H and O–H groups in total. The molecule has 0 atom stereocenters. The molecule has 84 valence electrons. The van der Waals surface area contributed by atoms with Gasteiger partial charge in [-0.1, -0.05) is 0 Å². The summed E-state index contributed by atoms with van der Waals surface area (Å²) in [6, 6.07) is 7.66. The quantitative estimate of drug-likeness (QED) is 0.749. The van der Waals surface area contributed by atoms with Crippen LogP contribution in [0.3, 0.4) is 0 Å². The van der Waals surface area contributed by atoms with E-state index in [4.69, 9.17) is 5.73 Å². The third-order valence-corrected chi connectivity index (χ3v) is 3.04. The van der Waals surface area contributed by atoms with Crippen LogP contribution in [0.4, 0.5) is 5.82 Å². The van der Waals surface area contributed by atoms with Crippen LogP contribution >= 0.6 is 15.9 Å². The maximum absolute atomic E-state index is 6.10. The number of nitrogens with two attached hydrogens (primary N) is 1. The van der Waals surface area contributed by atoms with Crippen molar-refractivity contribution in [1.82, 2.24) is 14.4 Å². The summed E-state index contributed by atoms with van der Waals surface area (Å²) in [5.74, 6) is 0.632. The Hall–Kier alpha value is -1.88. The minimum Gasteiger partial charge on any atom is -0.383 e. The highest BCUT2D eigenvalue weighted by molar-refractivity contribution is 9.10. The molecule has 0 saturated heterocycles. The minimum atomic E-state index is 0.632. The van der Waals surface area contributed by atoms with Gasteiger partial charge in [-0.25, -0.2) is 4.98 Å². The first kappa shape index (κ1) is 10.3. The van der Waals surface area contributed by atoms with Gasteiger partial charge < -0.3 is 5.73 Å². The van der Waals surface area contributed by atoms with E-state index in [9.17, 15) is 0 Å². The Morgan fingerprint density at radius 2 is 1.88 bits per heavy atom. The molecule has 0 aliphatic carbocycles. The fraction of sp³-hybridized carbons (Fsp3) is 0. The van der Waals surface area contributed by atoms with Crippen LogP contribution in [0.1, 0.15) is 0 Å². The predicted molar refractivity (Wildman–Crippen MR) is 70.5 cm³/mol. The third-order valence-electron chi connectivity index (χ3n) is 2.57. The predicted octanol–water partition coefficient (Wildman–Crippen LogP) is 2.74. The number of hydrogen-bond donors (Lipinski definition) is 1. The summed E-state index contributed by atoms with van der Waals surface area (Å²) in [5, 5.41) is 0. The summed E-state index contributed by atoms with van der Waals surface area (Å²) in [5.41, 5.74) is 8.68. The number of aromatic nitrogens is 3. The highest BCUT2D eigenvalue weighted by Crippen LogP contribution is 2.26. The molecule has 0 bridgehead atoms. The fourth-order valence-corrected chi connectivity index (χ4v) is 2.10. The van der Waals surface area contributed by atoms with Crippen molar-refractivity contribution >= 4 is 27.4 Å². The number of anilines is 1. The lowest BCUT2D eigenvalue weighted by molar-refractivity contribution is 1.18. The maximum Gasteiger partial charge on any atom is 0.139 e. The number of nitrogen functional groups attached to an aromatic ring is 1. The van der Waals surface area contributed by atoms with Crippen LogP contribution < -0.4 is 5.73 Å². The van der Waals surface area contributed by atoms with E-state index in [-0.39, 0.29) is 0 Å². The number of pyridine rings is 2. The van der Waals surface area contributed by atoms with E-state index >= 15 is 0 Å². The maximum atomic E-state index is 6.10.